The Labute approximate surface area is 336 Å². The van der Waals surface area contributed by atoms with Crippen LogP contribution >= 0.6 is 0 Å². The van der Waals surface area contributed by atoms with Crippen molar-refractivity contribution in [3.63, 3.8) is 0 Å². The minimum absolute atomic E-state index is 0.0711. The van der Waals surface area contributed by atoms with Crippen LogP contribution in [0.5, 0.6) is 0 Å². The third-order valence-corrected chi connectivity index (χ3v) is 11.9. The normalized spacial score (nSPS) is 21.7. The Morgan fingerprint density at radius 2 is 1.09 bits per heavy atom. The van der Waals surface area contributed by atoms with Crippen LogP contribution in [0, 0.1) is 11.6 Å². The van der Waals surface area contributed by atoms with Gasteiger partial charge in [0.25, 0.3) is 0 Å². The van der Waals surface area contributed by atoms with Crippen LogP contribution in [-0.2, 0) is 32.0 Å². The predicted octanol–water partition coefficient (Wildman–Crippen LogP) is 2.61. The number of fused-ring (bicyclic) bond motifs is 2. The molecule has 2 aromatic heterocycles. The zero-order valence-electron chi connectivity index (χ0n) is 33.9. The number of hydrogen-bond donors (Lipinski definition) is 8. The van der Waals surface area contributed by atoms with Crippen molar-refractivity contribution in [2.45, 2.75) is 115 Å². The number of aliphatic hydroxyl groups excluding tert-OH is 2. The molecular weight excluding hydrogens is 751 g/mol. The van der Waals surface area contributed by atoms with Gasteiger partial charge in [0.2, 0.25) is 23.6 Å². The van der Waals surface area contributed by atoms with E-state index in [9.17, 15) is 38.2 Å². The minimum atomic E-state index is -0.817. The Morgan fingerprint density at radius 1 is 0.707 bits per heavy atom. The number of nitrogens with zero attached hydrogens (tertiary/aromatic N) is 2. The van der Waals surface area contributed by atoms with Gasteiger partial charge in [-0.25, -0.2) is 8.78 Å². The monoisotopic (exact) mass is 806 g/mol. The Balaban J connectivity index is 1.40. The van der Waals surface area contributed by atoms with Gasteiger partial charge in [0.05, 0.1) is 35.7 Å². The maximum Gasteiger partial charge on any atom is 0.245 e. The average molecular weight is 807 g/mol. The van der Waals surface area contributed by atoms with Crippen molar-refractivity contribution in [2.24, 2.45) is 0 Å². The molecule has 4 aromatic rings. The zero-order chi connectivity index (χ0) is 42.0. The maximum absolute atomic E-state index is 14.8. The lowest BCUT2D eigenvalue weighted by molar-refractivity contribution is -0.138. The fourth-order valence-corrected chi connectivity index (χ4v) is 8.42. The highest BCUT2D eigenvalue weighted by Gasteiger charge is 2.41. The number of aromatic nitrogens is 2. The number of aliphatic hydroxyl groups is 2. The highest BCUT2D eigenvalue weighted by Crippen LogP contribution is 2.40. The van der Waals surface area contributed by atoms with E-state index in [0.717, 1.165) is 11.1 Å². The van der Waals surface area contributed by atoms with E-state index in [0.29, 0.717) is 46.0 Å². The molecule has 314 valence electrons. The molecule has 8 N–H and O–H groups in total. The summed E-state index contributed by atoms with van der Waals surface area (Å²) in [6.07, 6.45) is 0.0738. The van der Waals surface area contributed by atoms with Gasteiger partial charge >= 0.3 is 0 Å². The molecule has 4 amide bonds. The number of likely N-dealkylation sites (N-methyl/N-ethyl adjacent to an activating group) is 2. The molecule has 16 heteroatoms. The van der Waals surface area contributed by atoms with Crippen molar-refractivity contribution in [2.75, 3.05) is 27.2 Å². The Hall–Kier alpha value is -4.90. The summed E-state index contributed by atoms with van der Waals surface area (Å²) in [5.74, 6) is -2.21. The highest BCUT2D eigenvalue weighted by atomic mass is 19.1. The van der Waals surface area contributed by atoms with E-state index in [-0.39, 0.29) is 62.4 Å². The van der Waals surface area contributed by atoms with Crippen molar-refractivity contribution in [1.29, 1.82) is 0 Å². The zero-order valence-corrected chi connectivity index (χ0v) is 33.9. The number of aromatic amines is 2. The van der Waals surface area contributed by atoms with Gasteiger partial charge in [-0.15, -0.1) is 0 Å². The van der Waals surface area contributed by atoms with Crippen molar-refractivity contribution in [3.8, 4) is 11.4 Å². The highest BCUT2D eigenvalue weighted by molar-refractivity contribution is 5.97. The lowest BCUT2D eigenvalue weighted by atomic mass is 9.94. The second-order valence-corrected chi connectivity index (χ2v) is 15.8. The summed E-state index contributed by atoms with van der Waals surface area (Å²) in [5, 5.41) is 34.7. The van der Waals surface area contributed by atoms with Gasteiger partial charge in [0, 0.05) is 47.0 Å². The summed E-state index contributed by atoms with van der Waals surface area (Å²) in [7, 11) is 3.31. The van der Waals surface area contributed by atoms with Crippen molar-refractivity contribution in [1.82, 2.24) is 41.0 Å². The standard InChI is InChI=1S/C42H56F2N8O6/c1-7-33(49-39(55)21(3)45-5)41(57)51-19-27(53)15-25(51)17-31-29-11-9-23(43)13-35(29)47-37(31)38-32(30-12-10-24(44)14-36(30)48-38)18-26-16-28(54)20-52(26)42(58)34(8-2)50-40(56)22(4)46-6/h9-14,21-22,25-28,33-34,45-48,53-54H,7-8,15-20H2,1-6H3,(H,49,55)(H,50,56)/t21-,22-,25-,26-,27+,28+,33-,34+/m1/s1. The molecule has 0 saturated carbocycles. The largest absolute Gasteiger partial charge is 0.391 e. The van der Waals surface area contributed by atoms with Gasteiger partial charge in [-0.3, -0.25) is 19.2 Å². The van der Waals surface area contributed by atoms with E-state index in [2.05, 4.69) is 31.2 Å². The first-order valence-corrected chi connectivity index (χ1v) is 20.2. The number of H-pyrrole nitrogens is 2. The summed E-state index contributed by atoms with van der Waals surface area (Å²) in [6, 6.07) is 5.13. The summed E-state index contributed by atoms with van der Waals surface area (Å²) in [4.78, 5) is 63.7. The molecule has 2 saturated heterocycles. The van der Waals surface area contributed by atoms with Crippen LogP contribution in [0.25, 0.3) is 33.2 Å². The number of carbonyl (C=O) groups is 4. The summed E-state index contributed by atoms with van der Waals surface area (Å²) >= 11 is 0. The molecule has 2 aliphatic heterocycles. The number of hydrogen-bond acceptors (Lipinski definition) is 8. The maximum atomic E-state index is 14.8. The van der Waals surface area contributed by atoms with Gasteiger partial charge in [0.1, 0.15) is 23.7 Å². The molecule has 2 aliphatic rings. The molecule has 0 spiro atoms. The van der Waals surface area contributed by atoms with Crippen molar-refractivity contribution in [3.05, 3.63) is 59.2 Å². The molecule has 14 nitrogen and oxygen atoms in total. The van der Waals surface area contributed by atoms with E-state index >= 15 is 0 Å². The smallest absolute Gasteiger partial charge is 0.245 e. The van der Waals surface area contributed by atoms with Crippen LogP contribution in [0.2, 0.25) is 0 Å². The molecular formula is C42H56F2N8O6. The van der Waals surface area contributed by atoms with Gasteiger partial charge in [-0.1, -0.05) is 13.8 Å². The van der Waals surface area contributed by atoms with Crippen LogP contribution in [-0.4, -0.2) is 129 Å². The molecule has 4 heterocycles. The van der Waals surface area contributed by atoms with Gasteiger partial charge < -0.3 is 51.2 Å². The number of likely N-dealkylation sites (tertiary alicyclic amines) is 2. The lowest BCUT2D eigenvalue weighted by Gasteiger charge is -2.30. The fourth-order valence-electron chi connectivity index (χ4n) is 8.42. The number of nitrogens with one attached hydrogen (secondary N) is 6. The average Bonchev–Trinajstić information content (AvgIpc) is 3.96. The molecule has 8 atom stereocenters. The number of β-amino-alcohol motifs (C(OH)–C–C–N with tert-alkyl or cyclic N) is 2. The van der Waals surface area contributed by atoms with E-state index in [4.69, 9.17) is 0 Å². The first-order valence-electron chi connectivity index (χ1n) is 20.2. The second-order valence-electron chi connectivity index (χ2n) is 15.8. The molecule has 2 aromatic carbocycles. The molecule has 0 bridgehead atoms. The van der Waals surface area contributed by atoms with Crippen molar-refractivity contribution < 1.29 is 38.2 Å². The Bertz CT molecular complexity index is 2010. The van der Waals surface area contributed by atoms with E-state index < -0.39 is 60.1 Å². The van der Waals surface area contributed by atoms with Crippen LogP contribution in [0.15, 0.2) is 36.4 Å². The van der Waals surface area contributed by atoms with E-state index in [1.165, 1.54) is 24.3 Å². The third kappa shape index (κ3) is 8.75. The summed E-state index contributed by atoms with van der Waals surface area (Å²) in [5.41, 5.74) is 3.58. The van der Waals surface area contributed by atoms with E-state index in [1.54, 1.807) is 49.9 Å². The molecule has 6 rings (SSSR count). The lowest BCUT2D eigenvalue weighted by Crippen LogP contribution is -2.53. The van der Waals surface area contributed by atoms with Crippen LogP contribution in [0.4, 0.5) is 8.78 Å². The fraction of sp³-hybridized carbons (Fsp3) is 0.524. The second kappa shape index (κ2) is 17.9. The van der Waals surface area contributed by atoms with Crippen LogP contribution in [0.1, 0.15) is 64.5 Å². The first kappa shape index (κ1) is 42.7. The van der Waals surface area contributed by atoms with Crippen molar-refractivity contribution >= 4 is 45.4 Å². The molecule has 0 unspecified atom stereocenters. The first-order chi connectivity index (χ1) is 27.7. The molecule has 0 radical (unpaired) electrons. The van der Waals surface area contributed by atoms with Gasteiger partial charge in [0.15, 0.2) is 0 Å². The minimum Gasteiger partial charge on any atom is -0.391 e. The Morgan fingerprint density at radius 3 is 1.43 bits per heavy atom. The van der Waals surface area contributed by atoms with Crippen LogP contribution in [0.3, 0.4) is 0 Å². The molecule has 58 heavy (non-hydrogen) atoms. The predicted molar refractivity (Wildman–Crippen MR) is 217 cm³/mol. The van der Waals surface area contributed by atoms with Gasteiger partial charge in [-0.05, 0) is 114 Å². The van der Waals surface area contributed by atoms with E-state index in [1.807, 2.05) is 13.8 Å². The van der Waals surface area contributed by atoms with Crippen LogP contribution < -0.4 is 21.3 Å². The number of rotatable bonds is 15. The molecule has 0 aliphatic carbocycles. The summed E-state index contributed by atoms with van der Waals surface area (Å²) in [6.45, 7) is 7.15. The SMILES string of the molecule is CC[C@H](NC(=O)[C@@H](C)NC)C(=O)N1C[C@@H](O)C[C@@H]1Cc1c(-c2[nH]c3cc(F)ccc3c2C[C@H]2C[C@H](O)CN2C(=O)[C@@H](CC)NC(=O)[C@@H](C)NC)[nH]c2cc(F)ccc12. The quantitative estimate of drug-likeness (QED) is 0.0899. The molecule has 2 fully saturated rings. The topological polar surface area (TPSA) is 195 Å². The number of benzene rings is 2. The summed E-state index contributed by atoms with van der Waals surface area (Å²) < 4.78 is 29.6. The van der Waals surface area contributed by atoms with Gasteiger partial charge in [-0.2, -0.15) is 0 Å². The number of halogens is 2. The Kier molecular flexibility index (Phi) is 13.2. The number of amides is 4. The number of carbonyl (C=O) groups excluding carboxylic acids is 4. The third-order valence-electron chi connectivity index (χ3n) is 11.9.